The van der Waals surface area contributed by atoms with Gasteiger partial charge in [0.05, 0.1) is 5.69 Å². The van der Waals surface area contributed by atoms with Crippen LogP contribution in [0.25, 0.3) is 0 Å². The van der Waals surface area contributed by atoms with E-state index >= 15 is 0 Å². The quantitative estimate of drug-likeness (QED) is 0.760. The van der Waals surface area contributed by atoms with Crippen molar-refractivity contribution in [1.82, 2.24) is 4.31 Å². The molecule has 0 radical (unpaired) electrons. The van der Waals surface area contributed by atoms with Crippen LogP contribution in [0, 0.1) is 5.82 Å². The third kappa shape index (κ3) is 1.85. The molecule has 1 N–H and O–H groups in total. The van der Waals surface area contributed by atoms with Gasteiger partial charge >= 0.3 is 10.2 Å². The van der Waals surface area contributed by atoms with Gasteiger partial charge in [-0.2, -0.15) is 12.7 Å². The van der Waals surface area contributed by atoms with E-state index in [1.807, 2.05) is 0 Å². The standard InChI is InChI=1S/C8H9FN2O2S/c9-7-3-1-2-4-8(7)10-14(12,13)11-5-6-11/h1-4,10H,5-6H2. The molecule has 1 aliphatic rings. The number of para-hydroxylation sites is 1. The van der Waals surface area contributed by atoms with Gasteiger partial charge in [-0.3, -0.25) is 4.72 Å². The molecule has 1 aromatic rings. The van der Waals surface area contributed by atoms with Gasteiger partial charge in [0.2, 0.25) is 0 Å². The van der Waals surface area contributed by atoms with E-state index in [4.69, 9.17) is 0 Å². The monoisotopic (exact) mass is 216 g/mol. The molecule has 14 heavy (non-hydrogen) atoms. The highest BCUT2D eigenvalue weighted by molar-refractivity contribution is 7.90. The van der Waals surface area contributed by atoms with Gasteiger partial charge in [-0.25, -0.2) is 4.39 Å². The molecular weight excluding hydrogens is 207 g/mol. The summed E-state index contributed by atoms with van der Waals surface area (Å²) >= 11 is 0. The molecule has 0 unspecified atom stereocenters. The first-order valence-electron chi connectivity index (χ1n) is 4.12. The first-order valence-corrected chi connectivity index (χ1v) is 5.56. The Morgan fingerprint density at radius 3 is 2.50 bits per heavy atom. The highest BCUT2D eigenvalue weighted by Gasteiger charge is 2.32. The molecule has 0 aromatic heterocycles. The lowest BCUT2D eigenvalue weighted by molar-refractivity contribution is 0.567. The molecule has 0 bridgehead atoms. The van der Waals surface area contributed by atoms with Gasteiger partial charge in [0.15, 0.2) is 0 Å². The van der Waals surface area contributed by atoms with Gasteiger partial charge < -0.3 is 0 Å². The van der Waals surface area contributed by atoms with Crippen LogP contribution < -0.4 is 4.72 Å². The Morgan fingerprint density at radius 2 is 1.93 bits per heavy atom. The smallest absolute Gasteiger partial charge is 0.268 e. The van der Waals surface area contributed by atoms with Crippen molar-refractivity contribution < 1.29 is 12.8 Å². The molecule has 6 heteroatoms. The number of nitrogens with one attached hydrogen (secondary N) is 1. The van der Waals surface area contributed by atoms with Crippen LogP contribution >= 0.6 is 0 Å². The molecular formula is C8H9FN2O2S. The van der Waals surface area contributed by atoms with Crippen LogP contribution in [0.2, 0.25) is 0 Å². The van der Waals surface area contributed by atoms with Gasteiger partial charge in [-0.05, 0) is 12.1 Å². The number of benzene rings is 1. The Kier molecular flexibility index (Phi) is 2.16. The van der Waals surface area contributed by atoms with Gasteiger partial charge in [0, 0.05) is 13.1 Å². The summed E-state index contributed by atoms with van der Waals surface area (Å²) in [5, 5.41) is 0. The van der Waals surface area contributed by atoms with Crippen LogP contribution in [0.1, 0.15) is 0 Å². The van der Waals surface area contributed by atoms with Crippen LogP contribution in [0.5, 0.6) is 0 Å². The highest BCUT2D eigenvalue weighted by atomic mass is 32.2. The molecule has 1 saturated heterocycles. The van der Waals surface area contributed by atoms with Crippen LogP contribution in [-0.2, 0) is 10.2 Å². The zero-order valence-corrected chi connectivity index (χ0v) is 8.09. The molecule has 2 rings (SSSR count). The van der Waals surface area contributed by atoms with Crippen molar-refractivity contribution in [2.24, 2.45) is 0 Å². The van der Waals surface area contributed by atoms with E-state index in [-0.39, 0.29) is 5.69 Å². The first kappa shape index (κ1) is 9.42. The number of nitrogens with zero attached hydrogens (tertiary/aromatic N) is 1. The van der Waals surface area contributed by atoms with E-state index in [0.29, 0.717) is 13.1 Å². The Morgan fingerprint density at radius 1 is 1.29 bits per heavy atom. The summed E-state index contributed by atoms with van der Waals surface area (Å²) < 4.78 is 39.2. The summed E-state index contributed by atoms with van der Waals surface area (Å²) in [6.45, 7) is 1.01. The van der Waals surface area contributed by atoms with Crippen molar-refractivity contribution in [2.45, 2.75) is 0 Å². The average Bonchev–Trinajstić information content (AvgIpc) is 2.91. The molecule has 1 fully saturated rings. The third-order valence-electron chi connectivity index (χ3n) is 1.86. The van der Waals surface area contributed by atoms with Gasteiger partial charge in [0.1, 0.15) is 5.82 Å². The lowest BCUT2D eigenvalue weighted by Gasteiger charge is -2.07. The molecule has 1 aliphatic heterocycles. The average molecular weight is 216 g/mol. The number of halogens is 1. The topological polar surface area (TPSA) is 49.2 Å². The summed E-state index contributed by atoms with van der Waals surface area (Å²) in [5.74, 6) is -0.571. The van der Waals surface area contributed by atoms with Gasteiger partial charge in [-0.1, -0.05) is 12.1 Å². The summed E-state index contributed by atoms with van der Waals surface area (Å²) in [6.07, 6.45) is 0. The Labute approximate surface area is 81.5 Å². The molecule has 1 heterocycles. The zero-order valence-electron chi connectivity index (χ0n) is 7.27. The number of anilines is 1. The minimum atomic E-state index is -3.52. The van der Waals surface area contributed by atoms with E-state index < -0.39 is 16.0 Å². The highest BCUT2D eigenvalue weighted by Crippen LogP contribution is 2.18. The summed E-state index contributed by atoms with van der Waals surface area (Å²) in [5.41, 5.74) is -0.0144. The van der Waals surface area contributed by atoms with Crippen LogP contribution in [-0.4, -0.2) is 25.8 Å². The molecule has 76 valence electrons. The van der Waals surface area contributed by atoms with Crippen molar-refractivity contribution in [3.63, 3.8) is 0 Å². The summed E-state index contributed by atoms with van der Waals surface area (Å²) in [4.78, 5) is 0. The molecule has 0 atom stereocenters. The fourth-order valence-corrected chi connectivity index (χ4v) is 2.16. The fourth-order valence-electron chi connectivity index (χ4n) is 1.03. The minimum Gasteiger partial charge on any atom is -0.268 e. The van der Waals surface area contributed by atoms with Crippen molar-refractivity contribution >= 4 is 15.9 Å². The second-order valence-corrected chi connectivity index (χ2v) is 4.66. The van der Waals surface area contributed by atoms with E-state index in [2.05, 4.69) is 4.72 Å². The van der Waals surface area contributed by atoms with Crippen molar-refractivity contribution in [3.05, 3.63) is 30.1 Å². The molecule has 0 aliphatic carbocycles. The Bertz CT molecular complexity index is 442. The number of rotatable bonds is 3. The van der Waals surface area contributed by atoms with Crippen molar-refractivity contribution in [1.29, 1.82) is 0 Å². The molecule has 0 saturated carbocycles. The second-order valence-electron chi connectivity index (χ2n) is 2.99. The first-order chi connectivity index (χ1) is 6.59. The molecule has 0 spiro atoms. The predicted molar refractivity (Wildman–Crippen MR) is 50.5 cm³/mol. The van der Waals surface area contributed by atoms with Gasteiger partial charge in [0.25, 0.3) is 0 Å². The Hall–Kier alpha value is -1.14. The van der Waals surface area contributed by atoms with E-state index in [0.717, 1.165) is 0 Å². The van der Waals surface area contributed by atoms with Crippen molar-refractivity contribution in [3.8, 4) is 0 Å². The zero-order chi connectivity index (χ0) is 10.2. The van der Waals surface area contributed by atoms with Crippen LogP contribution in [0.4, 0.5) is 10.1 Å². The van der Waals surface area contributed by atoms with Crippen molar-refractivity contribution in [2.75, 3.05) is 17.8 Å². The third-order valence-corrected chi connectivity index (χ3v) is 3.38. The Balaban J connectivity index is 2.22. The maximum atomic E-state index is 13.1. The predicted octanol–water partition coefficient (Wildman–Crippen LogP) is 0.798. The lowest BCUT2D eigenvalue weighted by atomic mass is 10.3. The largest absolute Gasteiger partial charge is 0.301 e. The van der Waals surface area contributed by atoms with E-state index in [9.17, 15) is 12.8 Å². The second kappa shape index (κ2) is 3.21. The summed E-state index contributed by atoms with van der Waals surface area (Å²) in [7, 11) is -3.52. The van der Waals surface area contributed by atoms with Gasteiger partial charge in [-0.15, -0.1) is 0 Å². The maximum Gasteiger partial charge on any atom is 0.301 e. The van der Waals surface area contributed by atoms with E-state index in [1.165, 1.54) is 22.5 Å². The molecule has 0 amide bonds. The van der Waals surface area contributed by atoms with Crippen LogP contribution in [0.3, 0.4) is 0 Å². The normalized spacial score (nSPS) is 16.6. The van der Waals surface area contributed by atoms with Crippen LogP contribution in [0.15, 0.2) is 24.3 Å². The number of hydrogen-bond donors (Lipinski definition) is 1. The molecule has 4 nitrogen and oxygen atoms in total. The minimum absolute atomic E-state index is 0.0144. The SMILES string of the molecule is O=S(=O)(Nc1ccccc1F)N1CC1. The lowest BCUT2D eigenvalue weighted by Crippen LogP contribution is -2.21. The maximum absolute atomic E-state index is 13.1. The molecule has 1 aromatic carbocycles. The van der Waals surface area contributed by atoms with E-state index in [1.54, 1.807) is 6.07 Å². The summed E-state index contributed by atoms with van der Waals surface area (Å²) in [6, 6.07) is 5.67. The number of hydrogen-bond acceptors (Lipinski definition) is 2. The fraction of sp³-hybridized carbons (Fsp3) is 0.250.